The molecule has 0 aliphatic heterocycles. The molecule has 1 amide bonds. The van der Waals surface area contributed by atoms with Crippen LogP contribution in [-0.4, -0.2) is 32.2 Å². The van der Waals surface area contributed by atoms with Crippen molar-refractivity contribution in [2.24, 2.45) is 5.73 Å². The van der Waals surface area contributed by atoms with Crippen LogP contribution >= 0.6 is 0 Å². The highest BCUT2D eigenvalue weighted by Gasteiger charge is 2.15. The Morgan fingerprint density at radius 1 is 1.43 bits per heavy atom. The smallest absolute Gasteiger partial charge is 0.254 e. The third-order valence-electron chi connectivity index (χ3n) is 2.99. The van der Waals surface area contributed by atoms with Crippen LogP contribution in [0.25, 0.3) is 0 Å². The third kappa shape index (κ3) is 4.06. The quantitative estimate of drug-likeness (QED) is 0.702. The second-order valence-electron chi connectivity index (χ2n) is 5.96. The Morgan fingerprint density at radius 2 is 2.17 bits per heavy atom. The van der Waals surface area contributed by atoms with Crippen molar-refractivity contribution in [2.75, 3.05) is 17.2 Å². The topological polar surface area (TPSA) is 111 Å². The van der Waals surface area contributed by atoms with Crippen molar-refractivity contribution in [3.05, 3.63) is 36.8 Å². The van der Waals surface area contributed by atoms with E-state index in [1.807, 2.05) is 10.9 Å². The summed E-state index contributed by atoms with van der Waals surface area (Å²) in [4.78, 5) is 19.8. The summed E-state index contributed by atoms with van der Waals surface area (Å²) in [7, 11) is 0. The summed E-state index contributed by atoms with van der Waals surface area (Å²) in [6.45, 7) is 10.2. The lowest BCUT2D eigenvalue weighted by Crippen LogP contribution is -2.21. The zero-order valence-electron chi connectivity index (χ0n) is 13.5. The minimum atomic E-state index is -0.594. The number of rotatable bonds is 6. The van der Waals surface area contributed by atoms with Crippen molar-refractivity contribution in [1.82, 2.24) is 19.7 Å². The number of aromatic nitrogens is 4. The van der Waals surface area contributed by atoms with Crippen molar-refractivity contribution in [2.45, 2.75) is 26.3 Å². The molecular weight excluding hydrogens is 294 g/mol. The van der Waals surface area contributed by atoms with Gasteiger partial charge in [0.15, 0.2) is 0 Å². The molecule has 0 bridgehead atoms. The molecule has 0 unspecified atom stereocenters. The molecule has 0 aliphatic rings. The minimum absolute atomic E-state index is 0.118. The van der Waals surface area contributed by atoms with Crippen LogP contribution in [0.1, 0.15) is 31.1 Å². The van der Waals surface area contributed by atoms with Gasteiger partial charge in [0.1, 0.15) is 5.82 Å². The first-order valence-corrected chi connectivity index (χ1v) is 7.15. The molecule has 0 atom stereocenters. The lowest BCUT2D eigenvalue weighted by Gasteiger charge is -2.18. The van der Waals surface area contributed by atoms with Gasteiger partial charge in [0.2, 0.25) is 5.95 Å². The maximum Gasteiger partial charge on any atom is 0.254 e. The fraction of sp³-hybridized carbons (Fsp3) is 0.333. The van der Waals surface area contributed by atoms with Gasteiger partial charge in [0, 0.05) is 18.9 Å². The van der Waals surface area contributed by atoms with Crippen LogP contribution in [0.5, 0.6) is 0 Å². The Morgan fingerprint density at radius 3 is 2.74 bits per heavy atom. The summed E-state index contributed by atoms with van der Waals surface area (Å²) in [5.41, 5.74) is 6.18. The fourth-order valence-corrected chi connectivity index (χ4v) is 1.81. The van der Waals surface area contributed by atoms with Crippen LogP contribution in [0.4, 0.5) is 17.5 Å². The standard InChI is InChI=1S/C15H21N7O/c1-5-6-17-13-11(12(16)23)8-18-14(21-13)20-10-7-19-22(9-10)15(2,3)4/h5,7-9H,1,6H2,2-4H3,(H2,16,23)(H2,17,18,20,21). The largest absolute Gasteiger partial charge is 0.366 e. The number of carbonyl (C=O) groups is 1. The van der Waals surface area contributed by atoms with Gasteiger partial charge in [-0.2, -0.15) is 10.1 Å². The molecule has 0 radical (unpaired) electrons. The lowest BCUT2D eigenvalue weighted by molar-refractivity contribution is 0.100. The van der Waals surface area contributed by atoms with Crippen LogP contribution < -0.4 is 16.4 Å². The van der Waals surface area contributed by atoms with E-state index in [0.717, 1.165) is 5.69 Å². The minimum Gasteiger partial charge on any atom is -0.366 e. The predicted octanol–water partition coefficient (Wildman–Crippen LogP) is 1.87. The van der Waals surface area contributed by atoms with Crippen molar-refractivity contribution >= 4 is 23.4 Å². The molecule has 0 aliphatic carbocycles. The number of nitrogens with zero attached hydrogens (tertiary/aromatic N) is 4. The van der Waals surface area contributed by atoms with E-state index in [9.17, 15) is 4.79 Å². The molecule has 2 aromatic rings. The van der Waals surface area contributed by atoms with E-state index in [1.165, 1.54) is 6.20 Å². The Kier molecular flexibility index (Phi) is 4.63. The number of nitrogens with two attached hydrogens (primary N) is 1. The van der Waals surface area contributed by atoms with E-state index in [1.54, 1.807) is 12.3 Å². The highest BCUT2D eigenvalue weighted by molar-refractivity contribution is 5.97. The number of amides is 1. The fourth-order valence-electron chi connectivity index (χ4n) is 1.81. The molecule has 0 fully saturated rings. The second-order valence-corrected chi connectivity index (χ2v) is 5.96. The summed E-state index contributed by atoms with van der Waals surface area (Å²) in [5, 5.41) is 10.3. The summed E-state index contributed by atoms with van der Waals surface area (Å²) in [6, 6.07) is 0. The van der Waals surface area contributed by atoms with Crippen molar-refractivity contribution in [1.29, 1.82) is 0 Å². The number of anilines is 3. The molecule has 23 heavy (non-hydrogen) atoms. The maximum atomic E-state index is 11.4. The first-order valence-electron chi connectivity index (χ1n) is 7.15. The number of nitrogens with one attached hydrogen (secondary N) is 2. The molecular formula is C15H21N7O. The molecule has 0 spiro atoms. The first-order chi connectivity index (χ1) is 10.8. The highest BCUT2D eigenvalue weighted by Crippen LogP contribution is 2.19. The van der Waals surface area contributed by atoms with Gasteiger partial charge in [-0.3, -0.25) is 9.48 Å². The van der Waals surface area contributed by atoms with Gasteiger partial charge in [0.25, 0.3) is 5.91 Å². The summed E-state index contributed by atoms with van der Waals surface area (Å²) in [5.74, 6) is 0.108. The van der Waals surface area contributed by atoms with E-state index in [4.69, 9.17) is 5.73 Å². The number of hydrogen-bond donors (Lipinski definition) is 3. The molecule has 0 aromatic carbocycles. The molecule has 2 aromatic heterocycles. The maximum absolute atomic E-state index is 11.4. The Balaban J connectivity index is 2.24. The Labute approximate surface area is 134 Å². The molecule has 2 heterocycles. The van der Waals surface area contributed by atoms with Gasteiger partial charge < -0.3 is 16.4 Å². The lowest BCUT2D eigenvalue weighted by atomic mass is 10.1. The molecule has 2 rings (SSSR count). The summed E-state index contributed by atoms with van der Waals surface area (Å²) in [6.07, 6.45) is 6.60. The SMILES string of the molecule is C=CCNc1nc(Nc2cnn(C(C)(C)C)c2)ncc1C(N)=O. The first kappa shape index (κ1) is 16.5. The molecule has 0 saturated heterocycles. The predicted molar refractivity (Wildman–Crippen MR) is 89.7 cm³/mol. The van der Waals surface area contributed by atoms with Crippen LogP contribution in [0.3, 0.4) is 0 Å². The second kappa shape index (κ2) is 6.47. The summed E-state index contributed by atoms with van der Waals surface area (Å²) < 4.78 is 1.84. The van der Waals surface area contributed by atoms with Crippen LogP contribution in [0.15, 0.2) is 31.2 Å². The molecule has 8 heteroatoms. The van der Waals surface area contributed by atoms with Crippen molar-refractivity contribution in [3.8, 4) is 0 Å². The van der Waals surface area contributed by atoms with Gasteiger partial charge in [-0.1, -0.05) is 6.08 Å². The van der Waals surface area contributed by atoms with E-state index in [0.29, 0.717) is 18.3 Å². The molecule has 0 saturated carbocycles. The zero-order chi connectivity index (χ0) is 17.0. The number of hydrogen-bond acceptors (Lipinski definition) is 6. The van der Waals surface area contributed by atoms with E-state index >= 15 is 0 Å². The van der Waals surface area contributed by atoms with Gasteiger partial charge in [-0.05, 0) is 20.8 Å². The highest BCUT2D eigenvalue weighted by atomic mass is 16.1. The Hall–Kier alpha value is -2.90. The third-order valence-corrected chi connectivity index (χ3v) is 2.99. The van der Waals surface area contributed by atoms with Gasteiger partial charge in [-0.25, -0.2) is 4.98 Å². The van der Waals surface area contributed by atoms with Crippen LogP contribution in [0, 0.1) is 0 Å². The Bertz CT molecular complexity index is 715. The van der Waals surface area contributed by atoms with Crippen LogP contribution in [0.2, 0.25) is 0 Å². The average Bonchev–Trinajstić information content (AvgIpc) is 2.93. The normalized spacial score (nSPS) is 11.1. The van der Waals surface area contributed by atoms with Gasteiger partial charge >= 0.3 is 0 Å². The van der Waals surface area contributed by atoms with Gasteiger partial charge in [-0.15, -0.1) is 6.58 Å². The number of carbonyl (C=O) groups excluding carboxylic acids is 1. The van der Waals surface area contributed by atoms with E-state index < -0.39 is 5.91 Å². The number of primary amides is 1. The summed E-state index contributed by atoms with van der Waals surface area (Å²) >= 11 is 0. The van der Waals surface area contributed by atoms with Crippen molar-refractivity contribution < 1.29 is 4.79 Å². The molecule has 4 N–H and O–H groups in total. The van der Waals surface area contributed by atoms with E-state index in [2.05, 4.69) is 53.1 Å². The average molecular weight is 315 g/mol. The molecule has 8 nitrogen and oxygen atoms in total. The monoisotopic (exact) mass is 315 g/mol. The van der Waals surface area contributed by atoms with E-state index in [-0.39, 0.29) is 11.1 Å². The van der Waals surface area contributed by atoms with Crippen molar-refractivity contribution in [3.63, 3.8) is 0 Å². The van der Waals surface area contributed by atoms with Crippen LogP contribution in [-0.2, 0) is 5.54 Å². The molecule has 122 valence electrons. The zero-order valence-corrected chi connectivity index (χ0v) is 13.5. The van der Waals surface area contributed by atoms with Gasteiger partial charge in [0.05, 0.1) is 23.0 Å².